The highest BCUT2D eigenvalue weighted by Crippen LogP contribution is 2.13. The minimum Gasteiger partial charge on any atom is -0.387 e. The highest BCUT2D eigenvalue weighted by molar-refractivity contribution is 5.99. The van der Waals surface area contributed by atoms with Crippen LogP contribution in [0, 0.1) is 5.92 Å². The Morgan fingerprint density at radius 1 is 1.26 bits per heavy atom. The maximum atomic E-state index is 12.0. The zero-order valence-corrected chi connectivity index (χ0v) is 12.0. The van der Waals surface area contributed by atoms with Gasteiger partial charge in [-0.1, -0.05) is 26.0 Å². The molecule has 0 unspecified atom stereocenters. The Balaban J connectivity index is 2.28. The Morgan fingerprint density at radius 2 is 2.00 bits per heavy atom. The van der Waals surface area contributed by atoms with Gasteiger partial charge in [-0.3, -0.25) is 4.79 Å². The highest BCUT2D eigenvalue weighted by atomic mass is 16.5. The summed E-state index contributed by atoms with van der Waals surface area (Å²) in [7, 11) is 1.81. The second-order valence-corrected chi connectivity index (χ2v) is 4.85. The van der Waals surface area contributed by atoms with Crippen molar-refractivity contribution in [2.45, 2.75) is 20.3 Å². The Labute approximate surface area is 115 Å². The van der Waals surface area contributed by atoms with Gasteiger partial charge in [-0.15, -0.1) is 0 Å². The molecule has 106 valence electrons. The molecule has 1 amide bonds. The Hall–Kier alpha value is -1.55. The molecule has 0 saturated carbocycles. The monoisotopic (exact) mass is 264 g/mol. The van der Waals surface area contributed by atoms with Gasteiger partial charge in [-0.05, 0) is 24.5 Å². The average molecular weight is 264 g/mol. The van der Waals surface area contributed by atoms with Crippen molar-refractivity contribution in [2.24, 2.45) is 5.92 Å². The third-order valence-corrected chi connectivity index (χ3v) is 2.81. The van der Waals surface area contributed by atoms with Gasteiger partial charge in [-0.25, -0.2) is 0 Å². The van der Waals surface area contributed by atoms with Crippen LogP contribution >= 0.6 is 0 Å². The summed E-state index contributed by atoms with van der Waals surface area (Å²) in [6, 6.07) is 7.45. The Morgan fingerprint density at radius 3 is 2.68 bits per heavy atom. The molecule has 0 bridgehead atoms. The standard InChI is InChI=1S/C15H24N2O2/c1-12(2)8-10-19-11-9-17-15(18)13-6-4-5-7-14(13)16-3/h4-7,12,16H,8-11H2,1-3H3,(H,17,18). The van der Waals surface area contributed by atoms with Crippen LogP contribution in [0.4, 0.5) is 5.69 Å². The molecule has 1 aromatic rings. The van der Waals surface area contributed by atoms with Gasteiger partial charge < -0.3 is 15.4 Å². The molecule has 0 aliphatic rings. The molecule has 0 saturated heterocycles. The molecule has 19 heavy (non-hydrogen) atoms. The van der Waals surface area contributed by atoms with Crippen molar-refractivity contribution >= 4 is 11.6 Å². The van der Waals surface area contributed by atoms with E-state index in [2.05, 4.69) is 24.5 Å². The number of hydrogen-bond acceptors (Lipinski definition) is 3. The van der Waals surface area contributed by atoms with Crippen LogP contribution < -0.4 is 10.6 Å². The van der Waals surface area contributed by atoms with Crippen molar-refractivity contribution in [3.05, 3.63) is 29.8 Å². The summed E-state index contributed by atoms with van der Waals surface area (Å²) in [6.07, 6.45) is 1.05. The predicted molar refractivity (Wildman–Crippen MR) is 78.6 cm³/mol. The van der Waals surface area contributed by atoms with Gasteiger partial charge in [0.1, 0.15) is 0 Å². The number of amides is 1. The molecule has 4 heteroatoms. The van der Waals surface area contributed by atoms with Crippen molar-refractivity contribution in [1.29, 1.82) is 0 Å². The molecule has 0 heterocycles. The zero-order chi connectivity index (χ0) is 14.1. The molecule has 0 spiro atoms. The van der Waals surface area contributed by atoms with Gasteiger partial charge in [0.15, 0.2) is 0 Å². The van der Waals surface area contributed by atoms with E-state index in [0.717, 1.165) is 18.7 Å². The molecule has 1 rings (SSSR count). The van der Waals surface area contributed by atoms with Crippen LogP contribution in [0.25, 0.3) is 0 Å². The van der Waals surface area contributed by atoms with E-state index < -0.39 is 0 Å². The second-order valence-electron chi connectivity index (χ2n) is 4.85. The van der Waals surface area contributed by atoms with E-state index >= 15 is 0 Å². The topological polar surface area (TPSA) is 50.4 Å². The molecule has 0 aromatic heterocycles. The smallest absolute Gasteiger partial charge is 0.253 e. The Kier molecular flexibility index (Phi) is 6.97. The average Bonchev–Trinajstić information content (AvgIpc) is 2.42. The normalized spacial score (nSPS) is 10.5. The molecular weight excluding hydrogens is 240 g/mol. The van der Waals surface area contributed by atoms with E-state index in [9.17, 15) is 4.79 Å². The molecule has 1 aromatic carbocycles. The summed E-state index contributed by atoms with van der Waals surface area (Å²) in [5.74, 6) is 0.578. The van der Waals surface area contributed by atoms with Crippen molar-refractivity contribution in [3.63, 3.8) is 0 Å². The summed E-state index contributed by atoms with van der Waals surface area (Å²) in [4.78, 5) is 12.0. The van der Waals surface area contributed by atoms with E-state index in [1.54, 1.807) is 13.1 Å². The van der Waals surface area contributed by atoms with Gasteiger partial charge >= 0.3 is 0 Å². The van der Waals surface area contributed by atoms with E-state index in [1.807, 2.05) is 18.2 Å². The highest BCUT2D eigenvalue weighted by Gasteiger charge is 2.08. The molecule has 0 aliphatic heterocycles. The molecule has 0 radical (unpaired) electrons. The van der Waals surface area contributed by atoms with Crippen LogP contribution in [-0.2, 0) is 4.74 Å². The minimum atomic E-state index is -0.0718. The summed E-state index contributed by atoms with van der Waals surface area (Å²) >= 11 is 0. The van der Waals surface area contributed by atoms with Crippen molar-refractivity contribution in [1.82, 2.24) is 5.32 Å². The minimum absolute atomic E-state index is 0.0718. The van der Waals surface area contributed by atoms with E-state index in [4.69, 9.17) is 4.74 Å². The fourth-order valence-corrected chi connectivity index (χ4v) is 1.65. The first kappa shape index (κ1) is 15.5. The van der Waals surface area contributed by atoms with Gasteiger partial charge in [0.05, 0.1) is 12.2 Å². The molecular formula is C15H24N2O2. The summed E-state index contributed by atoms with van der Waals surface area (Å²) in [6.45, 7) is 6.18. The number of benzene rings is 1. The van der Waals surface area contributed by atoms with Gasteiger partial charge in [0.2, 0.25) is 0 Å². The third-order valence-electron chi connectivity index (χ3n) is 2.81. The zero-order valence-electron chi connectivity index (χ0n) is 12.0. The lowest BCUT2D eigenvalue weighted by Crippen LogP contribution is -2.28. The molecule has 2 N–H and O–H groups in total. The number of nitrogens with one attached hydrogen (secondary N) is 2. The van der Waals surface area contributed by atoms with Crippen molar-refractivity contribution in [3.8, 4) is 0 Å². The van der Waals surface area contributed by atoms with Crippen LogP contribution in [0.2, 0.25) is 0 Å². The molecule has 0 atom stereocenters. The van der Waals surface area contributed by atoms with Gasteiger partial charge in [-0.2, -0.15) is 0 Å². The van der Waals surface area contributed by atoms with Gasteiger partial charge in [0, 0.05) is 25.9 Å². The first-order valence-electron chi connectivity index (χ1n) is 6.78. The number of carbonyl (C=O) groups excluding carboxylic acids is 1. The summed E-state index contributed by atoms with van der Waals surface area (Å²) < 4.78 is 5.46. The quantitative estimate of drug-likeness (QED) is 0.709. The third kappa shape index (κ3) is 5.75. The maximum Gasteiger partial charge on any atom is 0.253 e. The number of hydrogen-bond donors (Lipinski definition) is 2. The number of ether oxygens (including phenoxy) is 1. The van der Waals surface area contributed by atoms with Crippen LogP contribution in [0.3, 0.4) is 0 Å². The lowest BCUT2D eigenvalue weighted by Gasteiger charge is -2.10. The predicted octanol–water partition coefficient (Wildman–Crippen LogP) is 2.52. The number of anilines is 1. The van der Waals surface area contributed by atoms with Crippen LogP contribution in [-0.4, -0.2) is 32.7 Å². The molecule has 0 fully saturated rings. The first-order chi connectivity index (χ1) is 9.15. The van der Waals surface area contributed by atoms with E-state index in [0.29, 0.717) is 24.6 Å². The molecule has 4 nitrogen and oxygen atoms in total. The maximum absolute atomic E-state index is 12.0. The largest absolute Gasteiger partial charge is 0.387 e. The number of para-hydroxylation sites is 1. The van der Waals surface area contributed by atoms with E-state index in [-0.39, 0.29) is 5.91 Å². The van der Waals surface area contributed by atoms with Crippen molar-refractivity contribution in [2.75, 3.05) is 32.1 Å². The summed E-state index contributed by atoms with van der Waals surface area (Å²) in [5.41, 5.74) is 1.49. The number of rotatable bonds is 8. The fourth-order valence-electron chi connectivity index (χ4n) is 1.65. The SMILES string of the molecule is CNc1ccccc1C(=O)NCCOCCC(C)C. The molecule has 0 aliphatic carbocycles. The van der Waals surface area contributed by atoms with E-state index in [1.165, 1.54) is 0 Å². The second kappa shape index (κ2) is 8.53. The Bertz CT molecular complexity index is 391. The number of carbonyl (C=O) groups is 1. The lowest BCUT2D eigenvalue weighted by atomic mass is 10.1. The van der Waals surface area contributed by atoms with Crippen molar-refractivity contribution < 1.29 is 9.53 Å². The van der Waals surface area contributed by atoms with Crippen LogP contribution in [0.15, 0.2) is 24.3 Å². The summed E-state index contributed by atoms with van der Waals surface area (Å²) in [5, 5.41) is 5.87. The van der Waals surface area contributed by atoms with Crippen LogP contribution in [0.1, 0.15) is 30.6 Å². The van der Waals surface area contributed by atoms with Crippen LogP contribution in [0.5, 0.6) is 0 Å². The fraction of sp³-hybridized carbons (Fsp3) is 0.533. The lowest BCUT2D eigenvalue weighted by molar-refractivity contribution is 0.0906. The first-order valence-corrected chi connectivity index (χ1v) is 6.78. The van der Waals surface area contributed by atoms with Gasteiger partial charge in [0.25, 0.3) is 5.91 Å².